The normalized spacial score (nSPS) is 15.5. The Morgan fingerprint density at radius 2 is 1.94 bits per heavy atom. The summed E-state index contributed by atoms with van der Waals surface area (Å²) in [6.07, 6.45) is 2.32. The minimum atomic E-state index is -1.17. The zero-order valence-electron chi connectivity index (χ0n) is 9.16. The molecule has 0 aromatic carbocycles. The molecule has 7 nitrogen and oxygen atoms in total. The average Bonchev–Trinajstić information content (AvgIpc) is 2.27. The summed E-state index contributed by atoms with van der Waals surface area (Å²) in [5.74, 6) is -1.43. The van der Waals surface area contributed by atoms with Crippen molar-refractivity contribution in [1.82, 2.24) is 14.9 Å². The molecular formula is C10H11N3O4. The summed E-state index contributed by atoms with van der Waals surface area (Å²) in [5, 5.41) is 8.63. The van der Waals surface area contributed by atoms with E-state index in [1.807, 2.05) is 0 Å². The van der Waals surface area contributed by atoms with Crippen LogP contribution in [0, 0.1) is 0 Å². The number of carbonyl (C=O) groups is 2. The molecule has 1 aliphatic heterocycles. The third kappa shape index (κ3) is 2.23. The first-order valence-corrected chi connectivity index (χ1v) is 4.99. The van der Waals surface area contributed by atoms with Gasteiger partial charge in [0.15, 0.2) is 5.69 Å². The molecule has 17 heavy (non-hydrogen) atoms. The van der Waals surface area contributed by atoms with E-state index in [1.54, 1.807) is 12.0 Å². The van der Waals surface area contributed by atoms with Gasteiger partial charge < -0.3 is 14.7 Å². The van der Waals surface area contributed by atoms with Crippen LogP contribution in [0.25, 0.3) is 0 Å². The van der Waals surface area contributed by atoms with Crippen molar-refractivity contribution in [3.63, 3.8) is 0 Å². The summed E-state index contributed by atoms with van der Waals surface area (Å²) < 4.78 is 5.05. The smallest absolute Gasteiger partial charge is 0.356 e. The van der Waals surface area contributed by atoms with E-state index in [4.69, 9.17) is 9.84 Å². The minimum Gasteiger partial charge on any atom is -0.476 e. The fraction of sp³-hybridized carbons (Fsp3) is 0.400. The number of aromatic nitrogens is 2. The van der Waals surface area contributed by atoms with Gasteiger partial charge in [-0.3, -0.25) is 4.79 Å². The number of carbonyl (C=O) groups excluding carboxylic acids is 1. The summed E-state index contributed by atoms with van der Waals surface area (Å²) in [6.45, 7) is 1.05. The van der Waals surface area contributed by atoms with Crippen molar-refractivity contribution in [2.24, 2.45) is 0 Å². The van der Waals surface area contributed by atoms with Gasteiger partial charge in [-0.05, 0) is 0 Å². The van der Waals surface area contributed by atoms with Crippen molar-refractivity contribution in [1.29, 1.82) is 0 Å². The Morgan fingerprint density at radius 3 is 2.41 bits per heavy atom. The standard InChI is InChI=1S/C10H11N3O4/c1-17-6-4-13(5-6)9(14)7-2-12-8(3-11-7)10(15)16/h2-3,6H,4-5H2,1H3,(H,15,16). The Kier molecular flexibility index (Phi) is 3.01. The van der Waals surface area contributed by atoms with E-state index in [0.717, 1.165) is 6.20 Å². The van der Waals surface area contributed by atoms with Gasteiger partial charge in [0, 0.05) is 20.2 Å². The molecule has 1 saturated heterocycles. The number of nitrogens with zero attached hydrogens (tertiary/aromatic N) is 3. The van der Waals surface area contributed by atoms with Gasteiger partial charge in [-0.25, -0.2) is 14.8 Å². The van der Waals surface area contributed by atoms with Crippen molar-refractivity contribution in [2.75, 3.05) is 20.2 Å². The van der Waals surface area contributed by atoms with Gasteiger partial charge in [-0.1, -0.05) is 0 Å². The Balaban J connectivity index is 2.03. The molecule has 1 fully saturated rings. The van der Waals surface area contributed by atoms with E-state index in [1.165, 1.54) is 6.20 Å². The SMILES string of the molecule is COC1CN(C(=O)c2cnc(C(=O)O)cn2)C1. The van der Waals surface area contributed by atoms with E-state index in [9.17, 15) is 9.59 Å². The first kappa shape index (κ1) is 11.5. The lowest BCUT2D eigenvalue weighted by Gasteiger charge is -2.37. The molecule has 0 atom stereocenters. The topological polar surface area (TPSA) is 92.6 Å². The van der Waals surface area contributed by atoms with Crippen LogP contribution in [0.5, 0.6) is 0 Å². The number of rotatable bonds is 3. The highest BCUT2D eigenvalue weighted by atomic mass is 16.5. The molecule has 1 aromatic heterocycles. The highest BCUT2D eigenvalue weighted by Gasteiger charge is 2.31. The molecule has 0 unspecified atom stereocenters. The van der Waals surface area contributed by atoms with Crippen LogP contribution in [0.15, 0.2) is 12.4 Å². The van der Waals surface area contributed by atoms with Gasteiger partial charge in [0.2, 0.25) is 0 Å². The van der Waals surface area contributed by atoms with Gasteiger partial charge in [0.25, 0.3) is 5.91 Å². The number of aromatic carboxylic acids is 1. The first-order valence-electron chi connectivity index (χ1n) is 4.99. The molecule has 2 heterocycles. The predicted octanol–water partition coefficient (Wildman–Crippen LogP) is -0.354. The van der Waals surface area contributed by atoms with Crippen LogP contribution in [0.2, 0.25) is 0 Å². The third-order valence-electron chi connectivity index (χ3n) is 2.56. The van der Waals surface area contributed by atoms with Gasteiger partial charge in [-0.2, -0.15) is 0 Å². The van der Waals surface area contributed by atoms with Crippen LogP contribution in [0.1, 0.15) is 21.0 Å². The number of hydrogen-bond donors (Lipinski definition) is 1. The van der Waals surface area contributed by atoms with Crippen molar-refractivity contribution < 1.29 is 19.4 Å². The van der Waals surface area contributed by atoms with Crippen LogP contribution in [0.4, 0.5) is 0 Å². The molecule has 0 spiro atoms. The number of ether oxygens (including phenoxy) is 1. The Labute approximate surface area is 97.0 Å². The van der Waals surface area contributed by atoms with E-state index in [-0.39, 0.29) is 23.4 Å². The Morgan fingerprint density at radius 1 is 1.35 bits per heavy atom. The molecule has 7 heteroatoms. The largest absolute Gasteiger partial charge is 0.476 e. The Bertz CT molecular complexity index is 439. The second-order valence-corrected chi connectivity index (χ2v) is 3.66. The molecule has 2 rings (SSSR count). The summed E-state index contributed by atoms with van der Waals surface area (Å²) >= 11 is 0. The molecule has 1 N–H and O–H groups in total. The fourth-order valence-corrected chi connectivity index (χ4v) is 1.46. The predicted molar refractivity (Wildman–Crippen MR) is 55.7 cm³/mol. The van der Waals surface area contributed by atoms with Crippen LogP contribution in [0.3, 0.4) is 0 Å². The monoisotopic (exact) mass is 237 g/mol. The maximum Gasteiger partial charge on any atom is 0.356 e. The molecular weight excluding hydrogens is 226 g/mol. The molecule has 1 amide bonds. The quantitative estimate of drug-likeness (QED) is 0.772. The number of amides is 1. The van der Waals surface area contributed by atoms with Crippen LogP contribution in [-0.4, -0.2) is 58.2 Å². The van der Waals surface area contributed by atoms with Gasteiger partial charge >= 0.3 is 5.97 Å². The van der Waals surface area contributed by atoms with Crippen LogP contribution >= 0.6 is 0 Å². The molecule has 0 saturated carbocycles. The maximum atomic E-state index is 11.8. The van der Waals surface area contributed by atoms with Gasteiger partial charge in [0.1, 0.15) is 5.69 Å². The maximum absolute atomic E-state index is 11.8. The number of carboxylic acids is 1. The number of carboxylic acid groups (broad SMARTS) is 1. The summed E-state index contributed by atoms with van der Waals surface area (Å²) in [7, 11) is 1.59. The lowest BCUT2D eigenvalue weighted by molar-refractivity contribution is -0.0195. The van der Waals surface area contributed by atoms with E-state index in [0.29, 0.717) is 13.1 Å². The van der Waals surface area contributed by atoms with Crippen molar-refractivity contribution in [2.45, 2.75) is 6.10 Å². The van der Waals surface area contributed by atoms with E-state index in [2.05, 4.69) is 9.97 Å². The highest BCUT2D eigenvalue weighted by molar-refractivity contribution is 5.93. The summed E-state index contributed by atoms with van der Waals surface area (Å²) in [5.41, 5.74) is -0.0375. The van der Waals surface area contributed by atoms with E-state index < -0.39 is 5.97 Å². The van der Waals surface area contributed by atoms with Gasteiger partial charge in [-0.15, -0.1) is 0 Å². The zero-order chi connectivity index (χ0) is 12.4. The fourth-order valence-electron chi connectivity index (χ4n) is 1.46. The third-order valence-corrected chi connectivity index (χ3v) is 2.56. The zero-order valence-corrected chi connectivity index (χ0v) is 9.16. The van der Waals surface area contributed by atoms with Crippen molar-refractivity contribution in [3.8, 4) is 0 Å². The van der Waals surface area contributed by atoms with Gasteiger partial charge in [0.05, 0.1) is 18.5 Å². The minimum absolute atomic E-state index is 0.0743. The van der Waals surface area contributed by atoms with Crippen molar-refractivity contribution >= 4 is 11.9 Å². The first-order chi connectivity index (χ1) is 8.11. The number of methoxy groups -OCH3 is 1. The summed E-state index contributed by atoms with van der Waals surface area (Å²) in [6, 6.07) is 0. The highest BCUT2D eigenvalue weighted by Crippen LogP contribution is 2.13. The lowest BCUT2D eigenvalue weighted by atomic mass is 10.1. The molecule has 1 aromatic rings. The number of hydrogen-bond acceptors (Lipinski definition) is 5. The molecule has 0 aliphatic carbocycles. The summed E-state index contributed by atoms with van der Waals surface area (Å²) in [4.78, 5) is 31.3. The second-order valence-electron chi connectivity index (χ2n) is 3.66. The lowest BCUT2D eigenvalue weighted by Crippen LogP contribution is -2.54. The molecule has 0 radical (unpaired) electrons. The van der Waals surface area contributed by atoms with Crippen LogP contribution in [-0.2, 0) is 4.74 Å². The Hall–Kier alpha value is -2.02. The number of likely N-dealkylation sites (tertiary alicyclic amines) is 1. The van der Waals surface area contributed by atoms with Crippen LogP contribution < -0.4 is 0 Å². The molecule has 90 valence electrons. The second kappa shape index (κ2) is 4.46. The molecule has 0 bridgehead atoms. The van der Waals surface area contributed by atoms with E-state index >= 15 is 0 Å². The molecule has 1 aliphatic rings. The van der Waals surface area contributed by atoms with Crippen molar-refractivity contribution in [3.05, 3.63) is 23.8 Å². The average molecular weight is 237 g/mol.